The van der Waals surface area contributed by atoms with Crippen LogP contribution in [0.5, 0.6) is 5.75 Å². The molecule has 1 saturated carbocycles. The van der Waals surface area contributed by atoms with Crippen LogP contribution >= 0.6 is 0 Å². The predicted octanol–water partition coefficient (Wildman–Crippen LogP) is 2.94. The molecule has 4 nitrogen and oxygen atoms in total. The van der Waals surface area contributed by atoms with Gasteiger partial charge in [-0.15, -0.1) is 0 Å². The fraction of sp³-hybridized carbons (Fsp3) is 0.588. The van der Waals surface area contributed by atoms with Gasteiger partial charge in [-0.2, -0.15) is 0 Å². The second kappa shape index (κ2) is 7.91. The third kappa shape index (κ3) is 4.96. The molecule has 0 aromatic heterocycles. The maximum absolute atomic E-state index is 5.24. The summed E-state index contributed by atoms with van der Waals surface area (Å²) in [5.41, 5.74) is 1.16. The lowest BCUT2D eigenvalue weighted by Crippen LogP contribution is -2.39. The number of aliphatic imine (C=N–C) groups is 1. The zero-order valence-corrected chi connectivity index (χ0v) is 13.4. The fourth-order valence-corrected chi connectivity index (χ4v) is 2.55. The van der Waals surface area contributed by atoms with Gasteiger partial charge in [-0.05, 0) is 43.4 Å². The van der Waals surface area contributed by atoms with Gasteiger partial charge in [0.2, 0.25) is 0 Å². The van der Waals surface area contributed by atoms with E-state index >= 15 is 0 Å². The van der Waals surface area contributed by atoms with Gasteiger partial charge < -0.3 is 15.4 Å². The summed E-state index contributed by atoms with van der Waals surface area (Å²) in [6.45, 7) is 5.89. The Hall–Kier alpha value is -1.71. The summed E-state index contributed by atoms with van der Waals surface area (Å²) in [6.07, 6.45) is 3.85. The quantitative estimate of drug-likeness (QED) is 0.599. The summed E-state index contributed by atoms with van der Waals surface area (Å²) in [6, 6.07) is 8.67. The second-order valence-corrected chi connectivity index (χ2v) is 5.58. The fourth-order valence-electron chi connectivity index (χ4n) is 2.55. The van der Waals surface area contributed by atoms with Gasteiger partial charge in [-0.25, -0.2) is 4.99 Å². The van der Waals surface area contributed by atoms with E-state index in [-0.39, 0.29) is 0 Å². The Bertz CT molecular complexity index is 473. The van der Waals surface area contributed by atoms with Crippen LogP contribution in [0.2, 0.25) is 0 Å². The Morgan fingerprint density at radius 1 is 1.38 bits per heavy atom. The molecule has 0 spiro atoms. The van der Waals surface area contributed by atoms with Crippen LogP contribution in [0.15, 0.2) is 29.3 Å². The van der Waals surface area contributed by atoms with Gasteiger partial charge in [0.25, 0.3) is 0 Å². The lowest BCUT2D eigenvalue weighted by Gasteiger charge is -2.11. The number of methoxy groups -OCH3 is 1. The normalized spacial score (nSPS) is 21.0. The molecule has 1 aliphatic rings. The van der Waals surface area contributed by atoms with E-state index in [9.17, 15) is 0 Å². The molecule has 1 aromatic rings. The highest BCUT2D eigenvalue weighted by Crippen LogP contribution is 2.34. The minimum atomic E-state index is 0.605. The van der Waals surface area contributed by atoms with Gasteiger partial charge in [-0.1, -0.05) is 25.5 Å². The molecule has 0 saturated heterocycles. The minimum Gasteiger partial charge on any atom is -0.497 e. The SMILES string of the molecule is CCCC1CC1NC(=NCc1cccc(OC)c1)NCC. The Kier molecular flexibility index (Phi) is 5.90. The molecule has 2 atom stereocenters. The van der Waals surface area contributed by atoms with Crippen molar-refractivity contribution in [3.05, 3.63) is 29.8 Å². The van der Waals surface area contributed by atoms with Gasteiger partial charge in [-0.3, -0.25) is 0 Å². The third-order valence-electron chi connectivity index (χ3n) is 3.80. The van der Waals surface area contributed by atoms with Gasteiger partial charge in [0.15, 0.2) is 5.96 Å². The number of hydrogen-bond acceptors (Lipinski definition) is 2. The van der Waals surface area contributed by atoms with E-state index in [4.69, 9.17) is 4.74 Å². The number of guanidine groups is 1. The Morgan fingerprint density at radius 2 is 2.24 bits per heavy atom. The molecular weight excluding hydrogens is 262 g/mol. The third-order valence-corrected chi connectivity index (χ3v) is 3.80. The van der Waals surface area contributed by atoms with Crippen LogP contribution in [0.1, 0.15) is 38.7 Å². The van der Waals surface area contributed by atoms with E-state index in [1.807, 2.05) is 18.2 Å². The summed E-state index contributed by atoms with van der Waals surface area (Å²) in [7, 11) is 1.69. The molecule has 2 rings (SSSR count). The average molecular weight is 289 g/mol. The number of nitrogens with zero attached hydrogens (tertiary/aromatic N) is 1. The number of nitrogens with one attached hydrogen (secondary N) is 2. The number of hydrogen-bond donors (Lipinski definition) is 2. The van der Waals surface area contributed by atoms with E-state index in [0.717, 1.165) is 29.7 Å². The van der Waals surface area contributed by atoms with Crippen molar-refractivity contribution in [2.75, 3.05) is 13.7 Å². The van der Waals surface area contributed by atoms with E-state index in [1.54, 1.807) is 7.11 Å². The summed E-state index contributed by atoms with van der Waals surface area (Å²) in [5.74, 6) is 2.63. The van der Waals surface area contributed by atoms with Gasteiger partial charge in [0.1, 0.15) is 5.75 Å². The smallest absolute Gasteiger partial charge is 0.191 e. The molecule has 0 bridgehead atoms. The maximum atomic E-state index is 5.24. The lowest BCUT2D eigenvalue weighted by molar-refractivity contribution is 0.414. The van der Waals surface area contributed by atoms with Crippen molar-refractivity contribution >= 4 is 5.96 Å². The van der Waals surface area contributed by atoms with Crippen LogP contribution in [0.25, 0.3) is 0 Å². The molecule has 2 unspecified atom stereocenters. The first kappa shape index (κ1) is 15.7. The summed E-state index contributed by atoms with van der Waals surface area (Å²) in [5, 5.41) is 6.86. The van der Waals surface area contributed by atoms with Gasteiger partial charge >= 0.3 is 0 Å². The van der Waals surface area contributed by atoms with Crippen LogP contribution in [0.4, 0.5) is 0 Å². The van der Waals surface area contributed by atoms with Crippen molar-refractivity contribution in [2.45, 2.75) is 45.7 Å². The van der Waals surface area contributed by atoms with Crippen LogP contribution in [0, 0.1) is 5.92 Å². The minimum absolute atomic E-state index is 0.605. The molecule has 1 aliphatic carbocycles. The highest BCUT2D eigenvalue weighted by molar-refractivity contribution is 5.80. The Morgan fingerprint density at radius 3 is 2.95 bits per heavy atom. The molecule has 0 amide bonds. The van der Waals surface area contributed by atoms with Crippen molar-refractivity contribution in [3.8, 4) is 5.75 Å². The van der Waals surface area contributed by atoms with E-state index in [1.165, 1.54) is 19.3 Å². The van der Waals surface area contributed by atoms with Crippen molar-refractivity contribution in [1.82, 2.24) is 10.6 Å². The Labute approximate surface area is 128 Å². The number of ether oxygens (including phenoxy) is 1. The van der Waals surface area contributed by atoms with E-state index in [0.29, 0.717) is 12.6 Å². The predicted molar refractivity (Wildman–Crippen MR) is 87.7 cm³/mol. The van der Waals surface area contributed by atoms with Gasteiger partial charge in [0, 0.05) is 12.6 Å². The molecule has 1 aromatic carbocycles. The number of benzene rings is 1. The van der Waals surface area contributed by atoms with E-state index in [2.05, 4.69) is 35.5 Å². The van der Waals surface area contributed by atoms with Crippen molar-refractivity contribution < 1.29 is 4.74 Å². The van der Waals surface area contributed by atoms with Gasteiger partial charge in [0.05, 0.1) is 13.7 Å². The maximum Gasteiger partial charge on any atom is 0.191 e. The summed E-state index contributed by atoms with van der Waals surface area (Å²) < 4.78 is 5.24. The molecular formula is C17H27N3O. The molecule has 116 valence electrons. The molecule has 0 heterocycles. The lowest BCUT2D eigenvalue weighted by atomic mass is 10.2. The van der Waals surface area contributed by atoms with Crippen molar-refractivity contribution in [3.63, 3.8) is 0 Å². The standard InChI is InChI=1S/C17H27N3O/c1-4-7-14-11-16(14)20-17(18-5-2)19-12-13-8-6-9-15(10-13)21-3/h6,8-10,14,16H,4-5,7,11-12H2,1-3H3,(H2,18,19,20). The first-order valence-corrected chi connectivity index (χ1v) is 7.94. The zero-order valence-electron chi connectivity index (χ0n) is 13.4. The summed E-state index contributed by atoms with van der Waals surface area (Å²) >= 11 is 0. The van der Waals surface area contributed by atoms with E-state index < -0.39 is 0 Å². The molecule has 4 heteroatoms. The largest absolute Gasteiger partial charge is 0.497 e. The van der Waals surface area contributed by atoms with Crippen LogP contribution in [-0.4, -0.2) is 25.7 Å². The Balaban J connectivity index is 1.91. The molecule has 1 fully saturated rings. The average Bonchev–Trinajstić information content (AvgIpc) is 3.23. The molecule has 0 aliphatic heterocycles. The molecule has 0 radical (unpaired) electrons. The summed E-state index contributed by atoms with van der Waals surface area (Å²) in [4.78, 5) is 4.67. The molecule has 2 N–H and O–H groups in total. The highest BCUT2D eigenvalue weighted by Gasteiger charge is 2.36. The topological polar surface area (TPSA) is 45.7 Å². The first-order valence-electron chi connectivity index (χ1n) is 7.94. The second-order valence-electron chi connectivity index (χ2n) is 5.58. The van der Waals surface area contributed by atoms with Crippen LogP contribution in [-0.2, 0) is 6.54 Å². The monoisotopic (exact) mass is 289 g/mol. The first-order chi connectivity index (χ1) is 10.3. The van der Waals surface area contributed by atoms with Crippen molar-refractivity contribution in [1.29, 1.82) is 0 Å². The molecule has 21 heavy (non-hydrogen) atoms. The van der Waals surface area contributed by atoms with Crippen LogP contribution in [0.3, 0.4) is 0 Å². The number of rotatable bonds is 7. The van der Waals surface area contributed by atoms with Crippen molar-refractivity contribution in [2.24, 2.45) is 10.9 Å². The van der Waals surface area contributed by atoms with Crippen LogP contribution < -0.4 is 15.4 Å². The zero-order chi connectivity index (χ0) is 15.1. The highest BCUT2D eigenvalue weighted by atomic mass is 16.5.